The summed E-state index contributed by atoms with van der Waals surface area (Å²) in [6.07, 6.45) is 7.56. The third kappa shape index (κ3) is 4.90. The third-order valence-corrected chi connectivity index (χ3v) is 6.11. The quantitative estimate of drug-likeness (QED) is 0.449. The number of nitrogens with one attached hydrogen (secondary N) is 1. The molecular formula is C23H24N4OS. The Morgan fingerprint density at radius 2 is 2.03 bits per heavy atom. The van der Waals surface area contributed by atoms with E-state index in [2.05, 4.69) is 52.8 Å². The molecule has 0 unspecified atom stereocenters. The van der Waals surface area contributed by atoms with Crippen molar-refractivity contribution in [2.75, 3.05) is 6.54 Å². The molecule has 4 aromatic rings. The molecule has 0 aliphatic heterocycles. The van der Waals surface area contributed by atoms with Crippen molar-refractivity contribution >= 4 is 28.0 Å². The summed E-state index contributed by atoms with van der Waals surface area (Å²) < 4.78 is 2.01. The van der Waals surface area contributed by atoms with E-state index in [1.807, 2.05) is 17.7 Å². The van der Waals surface area contributed by atoms with Gasteiger partial charge in [-0.25, -0.2) is 9.97 Å². The number of rotatable bonds is 8. The monoisotopic (exact) mass is 404 g/mol. The summed E-state index contributed by atoms with van der Waals surface area (Å²) in [5, 5.41) is 6.58. The van der Waals surface area contributed by atoms with E-state index < -0.39 is 0 Å². The topological polar surface area (TPSA) is 59.8 Å². The van der Waals surface area contributed by atoms with Gasteiger partial charge in [-0.1, -0.05) is 42.5 Å². The molecule has 0 radical (unpaired) electrons. The third-order valence-electron chi connectivity index (χ3n) is 4.95. The van der Waals surface area contributed by atoms with Crippen molar-refractivity contribution in [1.29, 1.82) is 0 Å². The number of imidazole rings is 1. The lowest BCUT2D eigenvalue weighted by atomic mass is 10.0. The van der Waals surface area contributed by atoms with Gasteiger partial charge in [0.2, 0.25) is 5.91 Å². The Bertz CT molecular complexity index is 1100. The molecule has 2 aromatic carbocycles. The summed E-state index contributed by atoms with van der Waals surface area (Å²) >= 11 is 1.64. The van der Waals surface area contributed by atoms with Gasteiger partial charge in [-0.3, -0.25) is 4.79 Å². The van der Waals surface area contributed by atoms with E-state index in [0.717, 1.165) is 35.0 Å². The maximum absolute atomic E-state index is 12.3. The van der Waals surface area contributed by atoms with E-state index in [1.54, 1.807) is 23.9 Å². The first kappa shape index (κ1) is 19.3. The standard InChI is InChI=1S/C23H24N4OS/c1-17-21(15-22(28)25-10-5-12-27-13-11-24-16-27)29-23(26-17)14-19-8-4-7-18-6-2-3-9-20(18)19/h2-4,6-9,11,13,16H,5,10,12,14-15H2,1H3,(H,25,28). The number of hydrogen-bond acceptors (Lipinski definition) is 4. The Hall–Kier alpha value is -2.99. The van der Waals surface area contributed by atoms with Gasteiger partial charge in [0.1, 0.15) is 0 Å². The fourth-order valence-electron chi connectivity index (χ4n) is 3.45. The number of benzene rings is 2. The zero-order chi connectivity index (χ0) is 20.1. The van der Waals surface area contributed by atoms with Crippen LogP contribution in [0.15, 0.2) is 61.2 Å². The number of amides is 1. The molecule has 5 nitrogen and oxygen atoms in total. The van der Waals surface area contributed by atoms with Crippen molar-refractivity contribution in [3.05, 3.63) is 82.3 Å². The minimum absolute atomic E-state index is 0.0547. The summed E-state index contributed by atoms with van der Waals surface area (Å²) in [4.78, 5) is 22.1. The normalized spacial score (nSPS) is 11.1. The molecule has 1 amide bonds. The summed E-state index contributed by atoms with van der Waals surface area (Å²) in [6.45, 7) is 3.51. The van der Waals surface area contributed by atoms with Crippen molar-refractivity contribution in [3.8, 4) is 0 Å². The molecule has 4 rings (SSSR count). The molecule has 0 saturated heterocycles. The molecule has 0 atom stereocenters. The SMILES string of the molecule is Cc1nc(Cc2cccc3ccccc23)sc1CC(=O)NCCCn1ccnc1. The van der Waals surface area contributed by atoms with Crippen LogP contribution in [-0.4, -0.2) is 27.0 Å². The van der Waals surface area contributed by atoms with E-state index in [1.165, 1.54) is 16.3 Å². The Balaban J connectivity index is 1.34. The molecule has 0 spiro atoms. The molecule has 2 aromatic heterocycles. The second-order valence-electron chi connectivity index (χ2n) is 7.11. The van der Waals surface area contributed by atoms with Crippen LogP contribution in [0.5, 0.6) is 0 Å². The Morgan fingerprint density at radius 1 is 1.17 bits per heavy atom. The maximum atomic E-state index is 12.3. The molecule has 0 aliphatic carbocycles. The molecule has 148 valence electrons. The Morgan fingerprint density at radius 3 is 2.90 bits per heavy atom. The van der Waals surface area contributed by atoms with Crippen molar-refractivity contribution in [2.24, 2.45) is 0 Å². The van der Waals surface area contributed by atoms with Gasteiger partial charge >= 0.3 is 0 Å². The number of thiazole rings is 1. The molecule has 1 N–H and O–H groups in total. The van der Waals surface area contributed by atoms with E-state index >= 15 is 0 Å². The second kappa shape index (κ2) is 9.01. The smallest absolute Gasteiger partial charge is 0.225 e. The number of aromatic nitrogens is 3. The average Bonchev–Trinajstić information content (AvgIpc) is 3.36. The first-order chi connectivity index (χ1) is 14.2. The van der Waals surface area contributed by atoms with Gasteiger partial charge in [0.05, 0.1) is 23.4 Å². The molecule has 0 aliphatic rings. The first-order valence-electron chi connectivity index (χ1n) is 9.83. The van der Waals surface area contributed by atoms with Gasteiger partial charge in [0.15, 0.2) is 0 Å². The van der Waals surface area contributed by atoms with Crippen molar-refractivity contribution in [2.45, 2.75) is 32.7 Å². The average molecular weight is 405 g/mol. The largest absolute Gasteiger partial charge is 0.356 e. The van der Waals surface area contributed by atoms with Crippen LogP contribution in [0, 0.1) is 6.92 Å². The molecule has 0 fully saturated rings. The molecular weight excluding hydrogens is 380 g/mol. The van der Waals surface area contributed by atoms with Crippen LogP contribution in [-0.2, 0) is 24.2 Å². The van der Waals surface area contributed by atoms with Crippen LogP contribution in [0.4, 0.5) is 0 Å². The highest BCUT2D eigenvalue weighted by molar-refractivity contribution is 7.11. The predicted octanol–water partition coefficient (Wildman–Crippen LogP) is 4.14. The molecule has 0 bridgehead atoms. The van der Waals surface area contributed by atoms with Gasteiger partial charge < -0.3 is 9.88 Å². The Kier molecular flexibility index (Phi) is 6.00. The number of carbonyl (C=O) groups excluding carboxylic acids is 1. The van der Waals surface area contributed by atoms with E-state index in [4.69, 9.17) is 4.98 Å². The summed E-state index contributed by atoms with van der Waals surface area (Å²) in [5.41, 5.74) is 2.23. The Labute approximate surface area is 174 Å². The van der Waals surface area contributed by atoms with Gasteiger partial charge in [-0.2, -0.15) is 0 Å². The summed E-state index contributed by atoms with van der Waals surface area (Å²) in [5.74, 6) is 0.0547. The van der Waals surface area contributed by atoms with Crippen LogP contribution >= 0.6 is 11.3 Å². The van der Waals surface area contributed by atoms with Crippen LogP contribution < -0.4 is 5.32 Å². The zero-order valence-corrected chi connectivity index (χ0v) is 17.3. The maximum Gasteiger partial charge on any atom is 0.225 e. The number of fused-ring (bicyclic) bond motifs is 1. The minimum atomic E-state index is 0.0547. The van der Waals surface area contributed by atoms with E-state index in [-0.39, 0.29) is 5.91 Å². The summed E-state index contributed by atoms with van der Waals surface area (Å²) in [6, 6.07) is 14.8. The highest BCUT2D eigenvalue weighted by Gasteiger charge is 2.13. The zero-order valence-electron chi connectivity index (χ0n) is 16.5. The fourth-order valence-corrected chi connectivity index (χ4v) is 4.55. The van der Waals surface area contributed by atoms with Crippen LogP contribution in [0.25, 0.3) is 10.8 Å². The van der Waals surface area contributed by atoms with Crippen molar-refractivity contribution < 1.29 is 4.79 Å². The lowest BCUT2D eigenvalue weighted by Gasteiger charge is -2.05. The van der Waals surface area contributed by atoms with Crippen LogP contribution in [0.1, 0.15) is 27.6 Å². The van der Waals surface area contributed by atoms with Gasteiger partial charge in [-0.05, 0) is 29.7 Å². The van der Waals surface area contributed by atoms with Crippen molar-refractivity contribution in [3.63, 3.8) is 0 Å². The summed E-state index contributed by atoms with van der Waals surface area (Å²) in [7, 11) is 0. The number of aryl methyl sites for hydroxylation is 2. The number of nitrogens with zero attached hydrogens (tertiary/aromatic N) is 3. The van der Waals surface area contributed by atoms with Crippen LogP contribution in [0.2, 0.25) is 0 Å². The van der Waals surface area contributed by atoms with E-state index in [0.29, 0.717) is 13.0 Å². The van der Waals surface area contributed by atoms with Gasteiger partial charge in [0, 0.05) is 36.8 Å². The number of hydrogen-bond donors (Lipinski definition) is 1. The molecule has 6 heteroatoms. The van der Waals surface area contributed by atoms with Crippen LogP contribution in [0.3, 0.4) is 0 Å². The second-order valence-corrected chi connectivity index (χ2v) is 8.28. The molecule has 2 heterocycles. The molecule has 29 heavy (non-hydrogen) atoms. The van der Waals surface area contributed by atoms with Gasteiger partial charge in [-0.15, -0.1) is 11.3 Å². The fraction of sp³-hybridized carbons (Fsp3) is 0.261. The van der Waals surface area contributed by atoms with Crippen molar-refractivity contribution in [1.82, 2.24) is 19.9 Å². The van der Waals surface area contributed by atoms with E-state index in [9.17, 15) is 4.79 Å². The highest BCUT2D eigenvalue weighted by Crippen LogP contribution is 2.25. The predicted molar refractivity (Wildman–Crippen MR) is 117 cm³/mol. The first-order valence-corrected chi connectivity index (χ1v) is 10.6. The minimum Gasteiger partial charge on any atom is -0.356 e. The highest BCUT2D eigenvalue weighted by atomic mass is 32.1. The molecule has 0 saturated carbocycles. The number of carbonyl (C=O) groups is 1. The lowest BCUT2D eigenvalue weighted by Crippen LogP contribution is -2.26. The van der Waals surface area contributed by atoms with Gasteiger partial charge in [0.25, 0.3) is 0 Å². The lowest BCUT2D eigenvalue weighted by molar-refractivity contribution is -0.120.